The molecule has 0 spiro atoms. The number of aromatic amines is 1. The van der Waals surface area contributed by atoms with E-state index in [1.165, 1.54) is 0 Å². The van der Waals surface area contributed by atoms with E-state index in [1.54, 1.807) is 13.0 Å². The normalized spacial score (nSPS) is 15.7. The van der Waals surface area contributed by atoms with Crippen LogP contribution in [0.3, 0.4) is 0 Å². The first-order chi connectivity index (χ1) is 9.11. The van der Waals surface area contributed by atoms with E-state index < -0.39 is 0 Å². The van der Waals surface area contributed by atoms with E-state index in [1.807, 2.05) is 0 Å². The molecule has 0 bridgehead atoms. The van der Waals surface area contributed by atoms with Gasteiger partial charge in [-0.05, 0) is 50.7 Å². The van der Waals surface area contributed by atoms with Gasteiger partial charge in [0.1, 0.15) is 5.56 Å². The van der Waals surface area contributed by atoms with Crippen molar-refractivity contribution in [1.82, 2.24) is 10.3 Å². The van der Waals surface area contributed by atoms with Crippen molar-refractivity contribution in [3.8, 4) is 0 Å². The summed E-state index contributed by atoms with van der Waals surface area (Å²) in [6, 6.07) is 1.57. The van der Waals surface area contributed by atoms with E-state index in [0.29, 0.717) is 6.42 Å². The molecule has 1 aliphatic rings. The average molecular weight is 264 g/mol. The number of amides is 1. The fourth-order valence-electron chi connectivity index (χ4n) is 2.41. The van der Waals surface area contributed by atoms with Crippen LogP contribution in [0, 0.1) is 0 Å². The lowest BCUT2D eigenvalue weighted by molar-refractivity contribution is 0.0932. The minimum atomic E-state index is -0.365. The SMILES string of the molecule is CC(CCO)NC(=O)c1cc2c([nH]c1=O)CCCC2. The summed E-state index contributed by atoms with van der Waals surface area (Å²) in [4.78, 5) is 26.7. The molecule has 0 fully saturated rings. The van der Waals surface area contributed by atoms with Crippen molar-refractivity contribution < 1.29 is 9.90 Å². The van der Waals surface area contributed by atoms with Crippen molar-refractivity contribution in [1.29, 1.82) is 0 Å². The van der Waals surface area contributed by atoms with Crippen LogP contribution in [-0.2, 0) is 12.8 Å². The molecule has 0 aliphatic heterocycles. The summed E-state index contributed by atoms with van der Waals surface area (Å²) in [6.45, 7) is 1.82. The molecular weight excluding hydrogens is 244 g/mol. The third kappa shape index (κ3) is 3.23. The molecule has 1 heterocycles. The molecule has 0 aromatic carbocycles. The van der Waals surface area contributed by atoms with Crippen LogP contribution in [0.2, 0.25) is 0 Å². The van der Waals surface area contributed by atoms with Crippen LogP contribution in [0.4, 0.5) is 0 Å². The van der Waals surface area contributed by atoms with E-state index in [-0.39, 0.29) is 29.7 Å². The summed E-state index contributed by atoms with van der Waals surface area (Å²) >= 11 is 0. The number of aromatic nitrogens is 1. The number of rotatable bonds is 4. The first kappa shape index (κ1) is 13.8. The molecule has 1 aliphatic carbocycles. The van der Waals surface area contributed by atoms with Crippen molar-refractivity contribution in [2.75, 3.05) is 6.61 Å². The second kappa shape index (κ2) is 6.02. The van der Waals surface area contributed by atoms with Gasteiger partial charge in [0.2, 0.25) is 0 Å². The van der Waals surface area contributed by atoms with Crippen molar-refractivity contribution in [2.45, 2.75) is 45.1 Å². The van der Waals surface area contributed by atoms with E-state index in [0.717, 1.165) is 36.9 Å². The number of hydrogen-bond donors (Lipinski definition) is 3. The Bertz CT molecular complexity index is 522. The highest BCUT2D eigenvalue weighted by molar-refractivity contribution is 5.94. The highest BCUT2D eigenvalue weighted by Crippen LogP contribution is 2.18. The van der Waals surface area contributed by atoms with Gasteiger partial charge in [0.15, 0.2) is 0 Å². The number of pyridine rings is 1. The zero-order valence-corrected chi connectivity index (χ0v) is 11.2. The maximum Gasteiger partial charge on any atom is 0.261 e. The fraction of sp³-hybridized carbons (Fsp3) is 0.571. The maximum absolute atomic E-state index is 12.0. The predicted molar refractivity (Wildman–Crippen MR) is 72.3 cm³/mol. The monoisotopic (exact) mass is 264 g/mol. The minimum Gasteiger partial charge on any atom is -0.396 e. The van der Waals surface area contributed by atoms with Crippen LogP contribution in [0.1, 0.15) is 47.8 Å². The lowest BCUT2D eigenvalue weighted by Crippen LogP contribution is -2.37. The molecule has 1 amide bonds. The van der Waals surface area contributed by atoms with Gasteiger partial charge in [0.05, 0.1) is 0 Å². The van der Waals surface area contributed by atoms with Crippen LogP contribution in [0.25, 0.3) is 0 Å². The van der Waals surface area contributed by atoms with Gasteiger partial charge in [-0.25, -0.2) is 0 Å². The lowest BCUT2D eigenvalue weighted by atomic mass is 9.95. The summed E-state index contributed by atoms with van der Waals surface area (Å²) in [5.41, 5.74) is 1.89. The molecule has 5 heteroatoms. The summed E-state index contributed by atoms with van der Waals surface area (Å²) in [5.74, 6) is -0.365. The summed E-state index contributed by atoms with van der Waals surface area (Å²) in [5, 5.41) is 11.5. The number of aliphatic hydroxyl groups excluding tert-OH is 1. The van der Waals surface area contributed by atoms with Crippen LogP contribution in [-0.4, -0.2) is 28.6 Å². The molecule has 1 aromatic heterocycles. The Morgan fingerprint density at radius 2 is 2.21 bits per heavy atom. The minimum absolute atomic E-state index is 0.0159. The van der Waals surface area contributed by atoms with Crippen LogP contribution < -0.4 is 10.9 Å². The van der Waals surface area contributed by atoms with Crippen LogP contribution >= 0.6 is 0 Å². The fourth-order valence-corrected chi connectivity index (χ4v) is 2.41. The zero-order chi connectivity index (χ0) is 13.8. The molecule has 3 N–H and O–H groups in total. The van der Waals surface area contributed by atoms with Crippen LogP contribution in [0.15, 0.2) is 10.9 Å². The van der Waals surface area contributed by atoms with Crippen molar-refractivity contribution in [2.24, 2.45) is 0 Å². The molecule has 0 saturated heterocycles. The number of aryl methyl sites for hydroxylation is 2. The number of hydrogen-bond acceptors (Lipinski definition) is 3. The average Bonchev–Trinajstić information content (AvgIpc) is 2.38. The van der Waals surface area contributed by atoms with E-state index in [4.69, 9.17) is 5.11 Å². The first-order valence-corrected chi connectivity index (χ1v) is 6.78. The van der Waals surface area contributed by atoms with Crippen molar-refractivity contribution in [3.63, 3.8) is 0 Å². The highest BCUT2D eigenvalue weighted by Gasteiger charge is 2.18. The highest BCUT2D eigenvalue weighted by atomic mass is 16.3. The molecule has 104 valence electrons. The number of nitrogens with one attached hydrogen (secondary N) is 2. The van der Waals surface area contributed by atoms with Gasteiger partial charge in [-0.2, -0.15) is 0 Å². The standard InChI is InChI=1S/C14H20N2O3/c1-9(6-7-17)15-13(18)11-8-10-4-2-3-5-12(10)16-14(11)19/h8-9,17H,2-7H2,1H3,(H,15,18)(H,16,19). The predicted octanol–water partition coefficient (Wildman–Crippen LogP) is 0.754. The Hall–Kier alpha value is -1.62. The summed E-state index contributed by atoms with van der Waals surface area (Å²) in [7, 11) is 0. The maximum atomic E-state index is 12.0. The third-order valence-electron chi connectivity index (χ3n) is 3.52. The van der Waals surface area contributed by atoms with Gasteiger partial charge in [-0.15, -0.1) is 0 Å². The second-order valence-corrected chi connectivity index (χ2v) is 5.11. The number of carbonyl (C=O) groups excluding carboxylic acids is 1. The summed E-state index contributed by atoms with van der Waals surface area (Å²) in [6.07, 6.45) is 4.46. The number of aliphatic hydroxyl groups is 1. The van der Waals surface area contributed by atoms with Gasteiger partial charge in [-0.3, -0.25) is 9.59 Å². The molecule has 1 aromatic rings. The quantitative estimate of drug-likeness (QED) is 0.750. The molecule has 2 rings (SSSR count). The summed E-state index contributed by atoms with van der Waals surface area (Å²) < 4.78 is 0. The van der Waals surface area contributed by atoms with Gasteiger partial charge >= 0.3 is 0 Å². The van der Waals surface area contributed by atoms with E-state index in [2.05, 4.69) is 10.3 Å². The molecule has 1 atom stereocenters. The topological polar surface area (TPSA) is 82.2 Å². The van der Waals surface area contributed by atoms with Crippen LogP contribution in [0.5, 0.6) is 0 Å². The zero-order valence-electron chi connectivity index (χ0n) is 11.2. The molecule has 0 radical (unpaired) electrons. The number of fused-ring (bicyclic) bond motifs is 1. The molecule has 0 saturated carbocycles. The molecule has 5 nitrogen and oxygen atoms in total. The number of H-pyrrole nitrogens is 1. The van der Waals surface area contributed by atoms with Gasteiger partial charge in [0.25, 0.3) is 11.5 Å². The Morgan fingerprint density at radius 3 is 2.95 bits per heavy atom. The van der Waals surface area contributed by atoms with Crippen molar-refractivity contribution in [3.05, 3.63) is 33.2 Å². The Labute approximate surface area is 112 Å². The largest absolute Gasteiger partial charge is 0.396 e. The molecule has 1 unspecified atom stereocenters. The van der Waals surface area contributed by atoms with Gasteiger partial charge < -0.3 is 15.4 Å². The Kier molecular flexibility index (Phi) is 4.37. The Morgan fingerprint density at radius 1 is 1.47 bits per heavy atom. The number of carbonyl (C=O) groups is 1. The van der Waals surface area contributed by atoms with Gasteiger partial charge in [0, 0.05) is 18.3 Å². The molecule has 19 heavy (non-hydrogen) atoms. The lowest BCUT2D eigenvalue weighted by Gasteiger charge is -2.17. The van der Waals surface area contributed by atoms with Gasteiger partial charge in [-0.1, -0.05) is 0 Å². The molecular formula is C14H20N2O3. The second-order valence-electron chi connectivity index (χ2n) is 5.11. The first-order valence-electron chi connectivity index (χ1n) is 6.78. The van der Waals surface area contributed by atoms with Crippen molar-refractivity contribution >= 4 is 5.91 Å². The van der Waals surface area contributed by atoms with E-state index >= 15 is 0 Å². The third-order valence-corrected chi connectivity index (χ3v) is 3.52. The van der Waals surface area contributed by atoms with E-state index in [9.17, 15) is 9.59 Å². The Balaban J connectivity index is 2.20. The smallest absolute Gasteiger partial charge is 0.261 e.